The highest BCUT2D eigenvalue weighted by molar-refractivity contribution is 5.94. The molecule has 0 spiro atoms. The minimum Gasteiger partial charge on any atom is -0.383 e. The van der Waals surface area contributed by atoms with E-state index in [0.29, 0.717) is 38.2 Å². The van der Waals surface area contributed by atoms with E-state index in [4.69, 9.17) is 4.74 Å². The number of carbonyl (C=O) groups is 2. The summed E-state index contributed by atoms with van der Waals surface area (Å²) in [4.78, 5) is 27.5. The highest BCUT2D eigenvalue weighted by Gasteiger charge is 2.34. The van der Waals surface area contributed by atoms with E-state index in [2.05, 4.69) is 36.5 Å². The molecule has 2 unspecified atom stereocenters. The van der Waals surface area contributed by atoms with E-state index in [1.165, 1.54) is 29.8 Å². The van der Waals surface area contributed by atoms with Gasteiger partial charge < -0.3 is 15.0 Å². The third-order valence-corrected chi connectivity index (χ3v) is 5.66. The Bertz CT molecular complexity index is 852. The molecule has 0 radical (unpaired) electrons. The molecule has 1 heterocycles. The molecular formula is C24H29FN2O3. The maximum Gasteiger partial charge on any atom is 0.253 e. The fraction of sp³-hybridized carbons (Fsp3) is 0.417. The van der Waals surface area contributed by atoms with Crippen LogP contribution in [0.15, 0.2) is 48.5 Å². The molecule has 5 nitrogen and oxygen atoms in total. The number of hydrogen-bond acceptors (Lipinski definition) is 3. The normalized spacial score (nSPS) is 18.8. The number of likely N-dealkylation sites (tertiary alicyclic amines) is 1. The zero-order chi connectivity index (χ0) is 21.5. The molecule has 160 valence electrons. The van der Waals surface area contributed by atoms with Gasteiger partial charge in [-0.05, 0) is 48.2 Å². The van der Waals surface area contributed by atoms with Crippen molar-refractivity contribution in [2.24, 2.45) is 5.92 Å². The summed E-state index contributed by atoms with van der Waals surface area (Å²) in [7, 11) is 1.59. The number of halogens is 1. The van der Waals surface area contributed by atoms with Gasteiger partial charge in [0.25, 0.3) is 5.91 Å². The second kappa shape index (κ2) is 10.3. The number of amides is 2. The largest absolute Gasteiger partial charge is 0.383 e. The molecule has 2 aromatic carbocycles. The predicted octanol–water partition coefficient (Wildman–Crippen LogP) is 3.40. The Labute approximate surface area is 177 Å². The second-order valence-corrected chi connectivity index (χ2v) is 7.73. The smallest absolute Gasteiger partial charge is 0.253 e. The van der Waals surface area contributed by atoms with Crippen molar-refractivity contribution >= 4 is 11.8 Å². The van der Waals surface area contributed by atoms with Gasteiger partial charge in [0, 0.05) is 38.2 Å². The van der Waals surface area contributed by atoms with Crippen LogP contribution in [0.5, 0.6) is 0 Å². The fourth-order valence-electron chi connectivity index (χ4n) is 3.92. The van der Waals surface area contributed by atoms with Crippen molar-refractivity contribution in [1.82, 2.24) is 10.2 Å². The molecule has 30 heavy (non-hydrogen) atoms. The zero-order valence-electron chi connectivity index (χ0n) is 17.6. The summed E-state index contributed by atoms with van der Waals surface area (Å²) in [6.07, 6.45) is 1.64. The van der Waals surface area contributed by atoms with Crippen molar-refractivity contribution in [3.05, 3.63) is 71.0 Å². The van der Waals surface area contributed by atoms with E-state index >= 15 is 0 Å². The van der Waals surface area contributed by atoms with Crippen LogP contribution in [0.1, 0.15) is 40.7 Å². The van der Waals surface area contributed by atoms with Gasteiger partial charge in [-0.1, -0.05) is 31.2 Å². The van der Waals surface area contributed by atoms with Crippen molar-refractivity contribution in [3.63, 3.8) is 0 Å². The molecule has 2 amide bonds. The van der Waals surface area contributed by atoms with Crippen LogP contribution >= 0.6 is 0 Å². The Morgan fingerprint density at radius 1 is 1.10 bits per heavy atom. The summed E-state index contributed by atoms with van der Waals surface area (Å²) in [5.74, 6) is -0.879. The summed E-state index contributed by atoms with van der Waals surface area (Å²) in [6, 6.07) is 13.9. The fourth-order valence-corrected chi connectivity index (χ4v) is 3.92. The number of aryl methyl sites for hydroxylation is 1. The van der Waals surface area contributed by atoms with E-state index in [0.717, 1.165) is 12.0 Å². The third kappa shape index (κ3) is 5.45. The molecule has 1 aliphatic heterocycles. The Balaban J connectivity index is 1.81. The minimum atomic E-state index is -0.380. The molecule has 0 aliphatic carbocycles. The van der Waals surface area contributed by atoms with Gasteiger partial charge in [-0.2, -0.15) is 0 Å². The molecule has 1 saturated heterocycles. The standard InChI is InChI=1S/C24H29FN2O3/c1-3-17-4-6-18(7-5-17)20-14-21(23(28)26-12-13-30-2)16-27(15-20)24(29)19-8-10-22(25)11-9-19/h4-11,20-21H,3,12-16H2,1-2H3,(H,26,28). The van der Waals surface area contributed by atoms with Crippen LogP contribution in [0.2, 0.25) is 0 Å². The van der Waals surface area contributed by atoms with Crippen molar-refractivity contribution in [1.29, 1.82) is 0 Å². The molecule has 0 aromatic heterocycles. The number of nitrogens with zero attached hydrogens (tertiary/aromatic N) is 1. The Hall–Kier alpha value is -2.73. The monoisotopic (exact) mass is 412 g/mol. The maximum atomic E-state index is 13.3. The van der Waals surface area contributed by atoms with Crippen LogP contribution in [-0.4, -0.2) is 50.1 Å². The van der Waals surface area contributed by atoms with Crippen molar-refractivity contribution in [3.8, 4) is 0 Å². The number of hydrogen-bond donors (Lipinski definition) is 1. The Kier molecular flexibility index (Phi) is 7.57. The van der Waals surface area contributed by atoms with Gasteiger partial charge in [-0.15, -0.1) is 0 Å². The second-order valence-electron chi connectivity index (χ2n) is 7.73. The number of methoxy groups -OCH3 is 1. The van der Waals surface area contributed by atoms with E-state index in [-0.39, 0.29) is 29.5 Å². The minimum absolute atomic E-state index is 0.0622. The summed E-state index contributed by atoms with van der Waals surface area (Å²) in [5.41, 5.74) is 2.80. The van der Waals surface area contributed by atoms with Gasteiger partial charge in [-0.3, -0.25) is 9.59 Å². The molecule has 2 aromatic rings. The molecule has 1 N–H and O–H groups in total. The first kappa shape index (κ1) is 22.0. The lowest BCUT2D eigenvalue weighted by Gasteiger charge is -2.37. The van der Waals surface area contributed by atoms with Crippen LogP contribution < -0.4 is 5.32 Å². The van der Waals surface area contributed by atoms with Crippen LogP contribution in [0.4, 0.5) is 4.39 Å². The first-order valence-electron chi connectivity index (χ1n) is 10.4. The van der Waals surface area contributed by atoms with E-state index in [9.17, 15) is 14.0 Å². The third-order valence-electron chi connectivity index (χ3n) is 5.66. The molecular weight excluding hydrogens is 383 g/mol. The lowest BCUT2D eigenvalue weighted by molar-refractivity contribution is -0.126. The number of piperidine rings is 1. The topological polar surface area (TPSA) is 58.6 Å². The molecule has 1 fully saturated rings. The molecule has 0 bridgehead atoms. The zero-order valence-corrected chi connectivity index (χ0v) is 17.6. The lowest BCUT2D eigenvalue weighted by Crippen LogP contribution is -2.48. The van der Waals surface area contributed by atoms with Crippen molar-refractivity contribution < 1.29 is 18.7 Å². The molecule has 2 atom stereocenters. The predicted molar refractivity (Wildman–Crippen MR) is 114 cm³/mol. The van der Waals surface area contributed by atoms with Crippen LogP contribution in [0.3, 0.4) is 0 Å². The quantitative estimate of drug-likeness (QED) is 0.709. The van der Waals surface area contributed by atoms with Gasteiger partial charge in [0.2, 0.25) is 5.91 Å². The average molecular weight is 413 g/mol. The van der Waals surface area contributed by atoms with Gasteiger partial charge >= 0.3 is 0 Å². The van der Waals surface area contributed by atoms with Gasteiger partial charge in [0.05, 0.1) is 12.5 Å². The maximum absolute atomic E-state index is 13.3. The Morgan fingerprint density at radius 2 is 1.80 bits per heavy atom. The number of carbonyl (C=O) groups excluding carboxylic acids is 2. The van der Waals surface area contributed by atoms with Crippen molar-refractivity contribution in [2.45, 2.75) is 25.7 Å². The van der Waals surface area contributed by atoms with E-state index < -0.39 is 0 Å². The van der Waals surface area contributed by atoms with Gasteiger partial charge in [-0.25, -0.2) is 4.39 Å². The summed E-state index contributed by atoms with van der Waals surface area (Å²) >= 11 is 0. The number of benzene rings is 2. The first-order chi connectivity index (χ1) is 14.5. The first-order valence-corrected chi connectivity index (χ1v) is 10.4. The van der Waals surface area contributed by atoms with Crippen LogP contribution in [-0.2, 0) is 16.0 Å². The molecule has 3 rings (SSSR count). The summed E-state index contributed by atoms with van der Waals surface area (Å²) in [6.45, 7) is 3.87. The molecule has 0 saturated carbocycles. The molecule has 6 heteroatoms. The van der Waals surface area contributed by atoms with Gasteiger partial charge in [0.15, 0.2) is 0 Å². The average Bonchev–Trinajstić information content (AvgIpc) is 2.79. The highest BCUT2D eigenvalue weighted by Crippen LogP contribution is 2.31. The number of nitrogens with one attached hydrogen (secondary N) is 1. The lowest BCUT2D eigenvalue weighted by atomic mass is 9.83. The number of ether oxygens (including phenoxy) is 1. The van der Waals surface area contributed by atoms with E-state index in [1.54, 1.807) is 12.0 Å². The summed E-state index contributed by atoms with van der Waals surface area (Å²) in [5, 5.41) is 2.90. The highest BCUT2D eigenvalue weighted by atomic mass is 19.1. The van der Waals surface area contributed by atoms with E-state index in [1.807, 2.05) is 0 Å². The van der Waals surface area contributed by atoms with Gasteiger partial charge in [0.1, 0.15) is 5.82 Å². The van der Waals surface area contributed by atoms with Crippen LogP contribution in [0.25, 0.3) is 0 Å². The SMILES string of the molecule is CCc1ccc(C2CC(C(=O)NCCOC)CN(C(=O)c3ccc(F)cc3)C2)cc1. The van der Waals surface area contributed by atoms with Crippen LogP contribution in [0, 0.1) is 11.7 Å². The summed E-state index contributed by atoms with van der Waals surface area (Å²) < 4.78 is 18.3. The number of rotatable bonds is 7. The Morgan fingerprint density at radius 3 is 2.43 bits per heavy atom. The van der Waals surface area contributed by atoms with Crippen molar-refractivity contribution in [2.75, 3.05) is 33.4 Å². The molecule has 1 aliphatic rings.